The molecule has 6 atom stereocenters. The number of hydrogen-bond donors (Lipinski definition) is 0. The fourth-order valence-corrected chi connectivity index (χ4v) is 4.89. The van der Waals surface area contributed by atoms with Crippen molar-refractivity contribution in [1.82, 2.24) is 5.01 Å². The van der Waals surface area contributed by atoms with Crippen LogP contribution in [-0.4, -0.2) is 23.0 Å². The topological polar surface area (TPSA) is 62.9 Å². The van der Waals surface area contributed by atoms with Crippen LogP contribution in [0.3, 0.4) is 0 Å². The van der Waals surface area contributed by atoms with Crippen molar-refractivity contribution < 1.29 is 14.0 Å². The van der Waals surface area contributed by atoms with Gasteiger partial charge in [-0.3, -0.25) is 9.59 Å². The Hall–Kier alpha value is -1.69. The molecule has 2 heterocycles. The number of rotatable bonds is 2. The van der Waals surface area contributed by atoms with Crippen molar-refractivity contribution in [3.63, 3.8) is 0 Å². The molecule has 6 heteroatoms. The fraction of sp³-hybridized carbons (Fsp3) is 0.438. The van der Waals surface area contributed by atoms with Gasteiger partial charge in [0, 0.05) is 0 Å². The molecule has 0 N–H and O–H groups in total. The molecule has 22 heavy (non-hydrogen) atoms. The first-order chi connectivity index (χ1) is 10.6. The number of carbonyl (C=O) groups is 2. The summed E-state index contributed by atoms with van der Waals surface area (Å²) in [7, 11) is 0. The Labute approximate surface area is 135 Å². The molecule has 2 amide bonds. The summed E-state index contributed by atoms with van der Waals surface area (Å²) in [6.45, 7) is 0. The first-order valence-corrected chi connectivity index (χ1v) is 8.30. The number of amides is 2. The van der Waals surface area contributed by atoms with Crippen LogP contribution in [0.4, 0.5) is 0 Å². The van der Waals surface area contributed by atoms with E-state index < -0.39 is 0 Å². The van der Waals surface area contributed by atoms with E-state index in [4.69, 9.17) is 4.42 Å². The molecule has 1 aromatic rings. The van der Waals surface area contributed by atoms with Crippen LogP contribution < -0.4 is 0 Å². The number of furan rings is 1. The molecule has 1 aliphatic heterocycles. The quantitative estimate of drug-likeness (QED) is 0.462. The van der Waals surface area contributed by atoms with Crippen molar-refractivity contribution >= 4 is 34.0 Å². The van der Waals surface area contributed by atoms with Crippen LogP contribution in [0.2, 0.25) is 0 Å². The minimum absolute atomic E-state index is 0.151. The molecule has 0 radical (unpaired) electrons. The zero-order valence-corrected chi connectivity index (χ0v) is 13.1. The van der Waals surface area contributed by atoms with Crippen molar-refractivity contribution in [3.05, 3.63) is 34.7 Å². The molecule has 6 rings (SSSR count). The van der Waals surface area contributed by atoms with E-state index in [0.29, 0.717) is 22.3 Å². The second-order valence-electron chi connectivity index (χ2n) is 6.53. The Morgan fingerprint density at radius 1 is 1.14 bits per heavy atom. The average Bonchev–Trinajstić information content (AvgIpc) is 3.19. The first kappa shape index (κ1) is 12.8. The lowest BCUT2D eigenvalue weighted by molar-refractivity contribution is -0.140. The predicted octanol–water partition coefficient (Wildman–Crippen LogP) is 2.43. The lowest BCUT2D eigenvalue weighted by Gasteiger charge is -2.37. The summed E-state index contributed by atoms with van der Waals surface area (Å²) in [6, 6.07) is 3.47. The van der Waals surface area contributed by atoms with Gasteiger partial charge in [-0.05, 0) is 58.2 Å². The molecule has 3 fully saturated rings. The Morgan fingerprint density at radius 2 is 1.77 bits per heavy atom. The molecular formula is C16H13BrN2O3. The molecule has 2 saturated carbocycles. The van der Waals surface area contributed by atoms with Crippen LogP contribution in [0.15, 0.2) is 38.5 Å². The monoisotopic (exact) mass is 360 g/mol. The first-order valence-electron chi connectivity index (χ1n) is 7.50. The highest BCUT2D eigenvalue weighted by molar-refractivity contribution is 9.10. The summed E-state index contributed by atoms with van der Waals surface area (Å²) >= 11 is 3.21. The maximum atomic E-state index is 12.6. The Morgan fingerprint density at radius 3 is 2.32 bits per heavy atom. The van der Waals surface area contributed by atoms with Gasteiger partial charge in [-0.25, -0.2) is 0 Å². The summed E-state index contributed by atoms with van der Waals surface area (Å²) < 4.78 is 5.90. The Balaban J connectivity index is 1.46. The highest BCUT2D eigenvalue weighted by atomic mass is 79.9. The van der Waals surface area contributed by atoms with Crippen molar-refractivity contribution in [2.24, 2.45) is 40.6 Å². The van der Waals surface area contributed by atoms with Crippen LogP contribution in [-0.2, 0) is 9.59 Å². The second-order valence-corrected chi connectivity index (χ2v) is 7.31. The lowest BCUT2D eigenvalue weighted by atomic mass is 9.63. The summed E-state index contributed by atoms with van der Waals surface area (Å²) in [5.74, 6) is 1.48. The molecule has 0 spiro atoms. The largest absolute Gasteiger partial charge is 0.448 e. The van der Waals surface area contributed by atoms with E-state index in [1.165, 1.54) is 12.6 Å². The van der Waals surface area contributed by atoms with E-state index in [2.05, 4.69) is 33.2 Å². The SMILES string of the molecule is O=C1[C@@H]2[C@H]3C=C[C@@H]([C@@H]4C[C@H]34)[C@@H]2C(=O)N1N=Cc1ccc(Br)o1. The number of hydrogen-bond acceptors (Lipinski definition) is 4. The number of hydrazone groups is 1. The molecule has 4 aliphatic carbocycles. The number of halogens is 1. The molecule has 0 unspecified atom stereocenters. The molecule has 0 aromatic carbocycles. The summed E-state index contributed by atoms with van der Waals surface area (Å²) in [6.07, 6.45) is 6.90. The molecule has 1 saturated heterocycles. The molecule has 112 valence electrons. The summed E-state index contributed by atoms with van der Waals surface area (Å²) in [4.78, 5) is 25.3. The highest BCUT2D eigenvalue weighted by Gasteiger charge is 2.67. The second kappa shape index (κ2) is 4.19. The van der Waals surface area contributed by atoms with Gasteiger partial charge in [-0.2, -0.15) is 10.1 Å². The van der Waals surface area contributed by atoms with E-state index in [1.807, 2.05) is 0 Å². The van der Waals surface area contributed by atoms with Gasteiger partial charge in [0.15, 0.2) is 4.67 Å². The zero-order chi connectivity index (χ0) is 15.0. The van der Waals surface area contributed by atoms with Gasteiger partial charge in [0.2, 0.25) is 0 Å². The number of imide groups is 1. The van der Waals surface area contributed by atoms with Crippen molar-refractivity contribution in [3.8, 4) is 0 Å². The van der Waals surface area contributed by atoms with Crippen molar-refractivity contribution in [1.29, 1.82) is 0 Å². The van der Waals surface area contributed by atoms with E-state index in [0.717, 1.165) is 5.01 Å². The van der Waals surface area contributed by atoms with Crippen LogP contribution in [0.5, 0.6) is 0 Å². The van der Waals surface area contributed by atoms with Gasteiger partial charge in [-0.15, -0.1) is 0 Å². The Bertz CT molecular complexity index is 716. The van der Waals surface area contributed by atoms with E-state index in [-0.39, 0.29) is 35.5 Å². The maximum Gasteiger partial charge on any atom is 0.254 e. The smallest absolute Gasteiger partial charge is 0.254 e. The standard InChI is InChI=1S/C16H13BrN2O3/c17-12-4-1-7(22-12)6-18-19-15(20)13-8-2-3-9(11-5-10(8)11)14(13)16(19)21/h1-4,6,8-11,13-14H,5H2/t8-,9-,10-,11+,13-,14+/m0/s1. The van der Waals surface area contributed by atoms with Gasteiger partial charge < -0.3 is 4.42 Å². The van der Waals surface area contributed by atoms with Gasteiger partial charge >= 0.3 is 0 Å². The average molecular weight is 361 g/mol. The number of allylic oxidation sites excluding steroid dienone is 2. The third-order valence-corrected chi connectivity index (χ3v) is 5.96. The minimum atomic E-state index is -0.202. The van der Waals surface area contributed by atoms with E-state index in [9.17, 15) is 9.59 Å². The number of nitrogens with zero attached hydrogens (tertiary/aromatic N) is 2. The zero-order valence-electron chi connectivity index (χ0n) is 11.6. The molecular weight excluding hydrogens is 348 g/mol. The van der Waals surface area contributed by atoms with Crippen LogP contribution in [0.1, 0.15) is 12.2 Å². The van der Waals surface area contributed by atoms with Gasteiger partial charge in [0.25, 0.3) is 11.8 Å². The number of carbonyl (C=O) groups excluding carboxylic acids is 2. The van der Waals surface area contributed by atoms with Gasteiger partial charge in [-0.1, -0.05) is 12.2 Å². The van der Waals surface area contributed by atoms with Crippen molar-refractivity contribution in [2.75, 3.05) is 0 Å². The van der Waals surface area contributed by atoms with E-state index >= 15 is 0 Å². The third kappa shape index (κ3) is 1.56. The fourth-order valence-electron chi connectivity index (χ4n) is 4.57. The molecule has 5 aliphatic rings. The van der Waals surface area contributed by atoms with Crippen LogP contribution in [0, 0.1) is 35.5 Å². The molecule has 1 aromatic heterocycles. The highest BCUT2D eigenvalue weighted by Crippen LogP contribution is 2.65. The third-order valence-electron chi connectivity index (χ3n) is 5.53. The van der Waals surface area contributed by atoms with Crippen LogP contribution in [0.25, 0.3) is 0 Å². The van der Waals surface area contributed by atoms with Crippen molar-refractivity contribution in [2.45, 2.75) is 6.42 Å². The normalized spacial score (nSPS) is 41.4. The van der Waals surface area contributed by atoms with Gasteiger partial charge in [0.05, 0.1) is 18.1 Å². The van der Waals surface area contributed by atoms with Gasteiger partial charge in [0.1, 0.15) is 5.76 Å². The summed E-state index contributed by atoms with van der Waals surface area (Å²) in [5, 5.41) is 5.16. The van der Waals surface area contributed by atoms with E-state index in [1.54, 1.807) is 12.1 Å². The van der Waals surface area contributed by atoms with Crippen LogP contribution >= 0.6 is 15.9 Å². The lowest BCUT2D eigenvalue weighted by Crippen LogP contribution is -2.40. The predicted molar refractivity (Wildman–Crippen MR) is 80.6 cm³/mol. The summed E-state index contributed by atoms with van der Waals surface area (Å²) in [5.41, 5.74) is 0. The minimum Gasteiger partial charge on any atom is -0.448 e. The molecule has 2 bridgehead atoms. The Kier molecular flexibility index (Phi) is 2.44. The maximum absolute atomic E-state index is 12.6. The molecule has 5 nitrogen and oxygen atoms in total.